The predicted molar refractivity (Wildman–Crippen MR) is 211 cm³/mol. The maximum Gasteiger partial charge on any atom is 0.309 e. The fourth-order valence-electron chi connectivity index (χ4n) is 8.88. The third-order valence-electron chi connectivity index (χ3n) is 12.1. The summed E-state index contributed by atoms with van der Waals surface area (Å²) in [5.74, 6) is -3.89. The Hall–Kier alpha value is -4.43. The molecule has 3 fully saturated rings. The van der Waals surface area contributed by atoms with E-state index in [0.29, 0.717) is 54.9 Å². The van der Waals surface area contributed by atoms with Crippen molar-refractivity contribution in [2.45, 2.75) is 57.5 Å². The highest BCUT2D eigenvalue weighted by molar-refractivity contribution is 5.72. The Bertz CT molecular complexity index is 1810. The number of aliphatic carboxylic acids is 3. The maximum absolute atomic E-state index is 16.6. The average molecular weight is 791 g/mol. The van der Waals surface area contributed by atoms with Crippen LogP contribution in [0.4, 0.5) is 8.78 Å². The van der Waals surface area contributed by atoms with Gasteiger partial charge in [0.1, 0.15) is 12.4 Å². The van der Waals surface area contributed by atoms with Gasteiger partial charge in [0, 0.05) is 13.1 Å². The van der Waals surface area contributed by atoms with E-state index >= 15 is 8.78 Å². The number of carboxylic acids is 3. The van der Waals surface area contributed by atoms with E-state index in [9.17, 15) is 29.7 Å². The minimum absolute atomic E-state index is 0.00579. The molecule has 308 valence electrons. The lowest BCUT2D eigenvalue weighted by atomic mass is 9.85. The molecule has 3 heterocycles. The fraction of sp³-hybridized carbons (Fsp3) is 0.523. The Morgan fingerprint density at radius 2 is 1.07 bits per heavy atom. The van der Waals surface area contributed by atoms with E-state index in [2.05, 4.69) is 16.0 Å². The molecule has 57 heavy (non-hydrogen) atoms. The van der Waals surface area contributed by atoms with Gasteiger partial charge in [0.15, 0.2) is 0 Å². The molecule has 6 rings (SSSR count). The van der Waals surface area contributed by atoms with Crippen LogP contribution < -0.4 is 20.7 Å². The number of hydrogen-bond donors (Lipinski definition) is 6. The van der Waals surface area contributed by atoms with E-state index in [-0.39, 0.29) is 43.9 Å². The van der Waals surface area contributed by atoms with Crippen LogP contribution in [0.2, 0.25) is 0 Å². The number of carboxylic acid groups (broad SMARTS) is 3. The smallest absolute Gasteiger partial charge is 0.309 e. The molecule has 0 saturated carbocycles. The fourth-order valence-corrected chi connectivity index (χ4v) is 8.88. The zero-order chi connectivity index (χ0) is 40.4. The van der Waals surface area contributed by atoms with Crippen molar-refractivity contribution in [1.29, 1.82) is 0 Å². The molecule has 0 aliphatic carbocycles. The van der Waals surface area contributed by atoms with Gasteiger partial charge in [-0.25, -0.2) is 4.90 Å². The van der Waals surface area contributed by atoms with Crippen LogP contribution in [-0.4, -0.2) is 96.6 Å². The van der Waals surface area contributed by atoms with Gasteiger partial charge in [-0.05, 0) is 135 Å². The maximum atomic E-state index is 16.6. The molecule has 6 unspecified atom stereocenters. The first-order valence-corrected chi connectivity index (χ1v) is 20.3. The monoisotopic (exact) mass is 790 g/mol. The van der Waals surface area contributed by atoms with Crippen molar-refractivity contribution >= 4 is 17.9 Å². The molecule has 0 aromatic heterocycles. The minimum atomic E-state index is -3.34. The van der Waals surface area contributed by atoms with E-state index < -0.39 is 48.1 Å². The number of hydrogen-bond acceptors (Lipinski definition) is 8. The lowest BCUT2D eigenvalue weighted by Gasteiger charge is -2.32. The van der Waals surface area contributed by atoms with Crippen LogP contribution >= 0.6 is 0 Å². The second kappa shape index (κ2) is 19.8. The normalized spacial score (nSPS) is 21.4. The van der Waals surface area contributed by atoms with Gasteiger partial charge >= 0.3 is 24.0 Å². The molecule has 0 spiro atoms. The summed E-state index contributed by atoms with van der Waals surface area (Å²) in [5, 5.41) is 39.6. The highest BCUT2D eigenvalue weighted by Crippen LogP contribution is 2.31. The van der Waals surface area contributed by atoms with E-state index in [1.165, 1.54) is 0 Å². The van der Waals surface area contributed by atoms with Crippen LogP contribution in [0.25, 0.3) is 0 Å². The second-order valence-electron chi connectivity index (χ2n) is 16.1. The summed E-state index contributed by atoms with van der Waals surface area (Å²) in [6.07, 6.45) is 2.60. The zero-order valence-corrected chi connectivity index (χ0v) is 32.4. The number of alkyl halides is 2. The molecule has 13 heteroatoms. The van der Waals surface area contributed by atoms with Gasteiger partial charge in [-0.2, -0.15) is 8.78 Å². The molecule has 3 aliphatic heterocycles. The summed E-state index contributed by atoms with van der Waals surface area (Å²) in [7, 11) is 0. The molecule has 3 aromatic rings. The Balaban J connectivity index is 1.18. The molecule has 6 N–H and O–H groups in total. The van der Waals surface area contributed by atoms with Gasteiger partial charge in [-0.3, -0.25) is 14.4 Å². The van der Waals surface area contributed by atoms with Crippen LogP contribution in [0.15, 0.2) is 72.8 Å². The molecule has 3 aliphatic rings. The van der Waals surface area contributed by atoms with E-state index in [1.54, 1.807) is 54.6 Å². The van der Waals surface area contributed by atoms with Crippen molar-refractivity contribution in [1.82, 2.24) is 20.9 Å². The van der Waals surface area contributed by atoms with Crippen molar-refractivity contribution in [3.63, 3.8) is 0 Å². The summed E-state index contributed by atoms with van der Waals surface area (Å²) in [5.41, 5.74) is 3.28. The van der Waals surface area contributed by atoms with Gasteiger partial charge in [-0.1, -0.05) is 60.7 Å². The average Bonchev–Trinajstić information content (AvgIpc) is 4.00. The third kappa shape index (κ3) is 11.8. The summed E-state index contributed by atoms with van der Waals surface area (Å²) < 4.78 is 39.3. The molecular formula is C44H56F2N4O7. The van der Waals surface area contributed by atoms with Gasteiger partial charge in [0.25, 0.3) is 0 Å². The highest BCUT2D eigenvalue weighted by atomic mass is 19.3. The number of nitrogens with one attached hydrogen (secondary N) is 3. The SMILES string of the molecule is O=C(O)C(Cc1cccc(CN(CCOc2cccc(CC(C(=O)O)C3CCNC3)c2)C(F)(F)Cc2cccc(CC(C(=O)O)C3CCNC3)c2)c1)C1CCNC1. The Kier molecular flexibility index (Phi) is 14.7. The number of halogens is 2. The topological polar surface area (TPSA) is 160 Å². The lowest BCUT2D eigenvalue weighted by Crippen LogP contribution is -2.45. The molecule has 3 saturated heterocycles. The van der Waals surface area contributed by atoms with Crippen molar-refractivity contribution in [3.8, 4) is 5.75 Å². The van der Waals surface area contributed by atoms with Crippen molar-refractivity contribution in [3.05, 3.63) is 101 Å². The van der Waals surface area contributed by atoms with Crippen LogP contribution in [0, 0.1) is 35.5 Å². The largest absolute Gasteiger partial charge is 0.492 e. The number of nitrogens with zero attached hydrogens (tertiary/aromatic N) is 1. The van der Waals surface area contributed by atoms with Gasteiger partial charge in [0.2, 0.25) is 0 Å². The third-order valence-corrected chi connectivity index (χ3v) is 12.1. The van der Waals surface area contributed by atoms with Crippen LogP contribution in [0.1, 0.15) is 47.1 Å². The summed E-state index contributed by atoms with van der Waals surface area (Å²) in [4.78, 5) is 37.6. The van der Waals surface area contributed by atoms with Crippen LogP contribution in [0.3, 0.4) is 0 Å². The molecule has 0 bridgehead atoms. The van der Waals surface area contributed by atoms with Crippen molar-refractivity contribution < 1.29 is 43.2 Å². The van der Waals surface area contributed by atoms with E-state index in [4.69, 9.17) is 4.74 Å². The first-order valence-electron chi connectivity index (χ1n) is 20.3. The number of carbonyl (C=O) groups is 3. The lowest BCUT2D eigenvalue weighted by molar-refractivity contribution is -0.152. The number of ether oxygens (including phenoxy) is 1. The van der Waals surface area contributed by atoms with Crippen molar-refractivity contribution in [2.24, 2.45) is 35.5 Å². The van der Waals surface area contributed by atoms with Gasteiger partial charge in [0.05, 0.1) is 24.2 Å². The molecule has 3 aromatic carbocycles. The standard InChI is InChI=1S/C44H56F2N4O7/c45-44(46,24-32-7-1-4-29(18-32)21-38(41(51)52)34-10-13-47-25-34)50(28-33-8-2-5-30(19-33)22-39(42(53)54)35-11-14-48-26-35)16-17-57-37-9-3-6-31(20-37)23-40(43(55)56)36-12-15-49-27-36/h1-9,18-20,34-36,38-40,47-49H,10-17,21-28H2,(H,51,52)(H,53,54)(H,55,56). The minimum Gasteiger partial charge on any atom is -0.492 e. The highest BCUT2D eigenvalue weighted by Gasteiger charge is 2.38. The Labute approximate surface area is 333 Å². The molecule has 0 amide bonds. The first kappa shape index (κ1) is 42.2. The summed E-state index contributed by atoms with van der Waals surface area (Å²) in [6, 6.07) is 17.8. The quantitative estimate of drug-likeness (QED) is 0.0810. The number of rotatable bonds is 21. The summed E-state index contributed by atoms with van der Waals surface area (Å²) in [6.45, 7) is 3.89. The second-order valence-corrected chi connectivity index (χ2v) is 16.1. The Morgan fingerprint density at radius 3 is 1.53 bits per heavy atom. The summed E-state index contributed by atoms with van der Waals surface area (Å²) >= 11 is 0. The van der Waals surface area contributed by atoms with Gasteiger partial charge in [-0.15, -0.1) is 0 Å². The molecule has 11 nitrogen and oxygen atoms in total. The van der Waals surface area contributed by atoms with Crippen LogP contribution in [-0.2, 0) is 46.6 Å². The van der Waals surface area contributed by atoms with Crippen LogP contribution in [0.5, 0.6) is 5.75 Å². The van der Waals surface area contributed by atoms with E-state index in [1.807, 2.05) is 18.2 Å². The first-order chi connectivity index (χ1) is 27.4. The predicted octanol–water partition coefficient (Wildman–Crippen LogP) is 4.96. The van der Waals surface area contributed by atoms with Gasteiger partial charge < -0.3 is 36.0 Å². The molecular weight excluding hydrogens is 735 g/mol. The molecule has 6 atom stereocenters. The van der Waals surface area contributed by atoms with E-state index in [0.717, 1.165) is 54.9 Å². The Morgan fingerprint density at radius 1 is 0.649 bits per heavy atom. The zero-order valence-electron chi connectivity index (χ0n) is 32.4. The number of benzene rings is 3. The van der Waals surface area contributed by atoms with Crippen molar-refractivity contribution in [2.75, 3.05) is 52.4 Å². The molecule has 0 radical (unpaired) electrons.